The summed E-state index contributed by atoms with van der Waals surface area (Å²) in [5, 5.41) is 3.08. The average Bonchev–Trinajstić information content (AvgIpc) is 2.84. The third-order valence-corrected chi connectivity index (χ3v) is 3.79. The predicted octanol–water partition coefficient (Wildman–Crippen LogP) is 1.68. The van der Waals surface area contributed by atoms with Gasteiger partial charge in [0.15, 0.2) is 0 Å². The van der Waals surface area contributed by atoms with Gasteiger partial charge in [-0.1, -0.05) is 20.3 Å². The van der Waals surface area contributed by atoms with Gasteiger partial charge in [-0.3, -0.25) is 4.79 Å². The zero-order valence-corrected chi connectivity index (χ0v) is 11.8. The van der Waals surface area contributed by atoms with Gasteiger partial charge in [-0.05, 0) is 38.1 Å². The lowest BCUT2D eigenvalue weighted by Gasteiger charge is -2.20. The summed E-state index contributed by atoms with van der Waals surface area (Å²) in [5.74, 6) is 0.735. The molecule has 1 saturated heterocycles. The van der Waals surface area contributed by atoms with Crippen molar-refractivity contribution in [2.75, 3.05) is 19.7 Å². The van der Waals surface area contributed by atoms with Gasteiger partial charge < -0.3 is 15.8 Å². The molecule has 106 valence electrons. The van der Waals surface area contributed by atoms with E-state index >= 15 is 0 Å². The largest absolute Gasteiger partial charge is 0.377 e. The lowest BCUT2D eigenvalue weighted by atomic mass is 9.96. The molecule has 1 heterocycles. The molecule has 0 aromatic rings. The molecular weight excluding hydrogens is 228 g/mol. The van der Waals surface area contributed by atoms with Crippen LogP contribution in [0.25, 0.3) is 0 Å². The number of ether oxygens (including phenoxy) is 1. The van der Waals surface area contributed by atoms with Crippen molar-refractivity contribution < 1.29 is 9.53 Å². The Bertz CT molecular complexity index is 240. The maximum Gasteiger partial charge on any atom is 0.225 e. The first kappa shape index (κ1) is 15.4. The van der Waals surface area contributed by atoms with Crippen LogP contribution in [0.4, 0.5) is 0 Å². The summed E-state index contributed by atoms with van der Waals surface area (Å²) in [7, 11) is 0. The third-order valence-electron chi connectivity index (χ3n) is 3.79. The predicted molar refractivity (Wildman–Crippen MR) is 73.2 cm³/mol. The van der Waals surface area contributed by atoms with Gasteiger partial charge in [0, 0.05) is 13.2 Å². The molecule has 0 bridgehead atoms. The molecule has 3 N–H and O–H groups in total. The topological polar surface area (TPSA) is 64.3 Å². The van der Waals surface area contributed by atoms with Crippen LogP contribution < -0.4 is 11.1 Å². The molecule has 1 rings (SSSR count). The summed E-state index contributed by atoms with van der Waals surface area (Å²) in [4.78, 5) is 12.1. The highest BCUT2D eigenvalue weighted by molar-refractivity contribution is 5.79. The van der Waals surface area contributed by atoms with Gasteiger partial charge in [0.25, 0.3) is 0 Å². The number of rotatable bonds is 8. The second-order valence-corrected chi connectivity index (χ2v) is 5.19. The Kier molecular flexibility index (Phi) is 7.28. The molecule has 0 aromatic carbocycles. The summed E-state index contributed by atoms with van der Waals surface area (Å²) < 4.78 is 5.56. The van der Waals surface area contributed by atoms with E-state index in [1.807, 2.05) is 0 Å². The highest BCUT2D eigenvalue weighted by Crippen LogP contribution is 2.23. The molecule has 1 fully saturated rings. The molecule has 4 nitrogen and oxygen atoms in total. The van der Waals surface area contributed by atoms with Crippen molar-refractivity contribution in [3.05, 3.63) is 0 Å². The van der Waals surface area contributed by atoms with Crippen molar-refractivity contribution in [1.29, 1.82) is 0 Å². The second kappa shape index (κ2) is 8.48. The van der Waals surface area contributed by atoms with Gasteiger partial charge >= 0.3 is 0 Å². The summed E-state index contributed by atoms with van der Waals surface area (Å²) in [6, 6.07) is 0. The van der Waals surface area contributed by atoms with E-state index in [1.54, 1.807) is 0 Å². The fraction of sp³-hybridized carbons (Fsp3) is 0.929. The van der Waals surface area contributed by atoms with Gasteiger partial charge in [-0.15, -0.1) is 0 Å². The smallest absolute Gasteiger partial charge is 0.225 e. The molecular formula is C14H28N2O2. The average molecular weight is 256 g/mol. The lowest BCUT2D eigenvalue weighted by molar-refractivity contribution is -0.126. The molecule has 18 heavy (non-hydrogen) atoms. The Labute approximate surface area is 111 Å². The van der Waals surface area contributed by atoms with Crippen LogP contribution in [0.1, 0.15) is 46.0 Å². The molecule has 3 atom stereocenters. The fourth-order valence-corrected chi connectivity index (χ4v) is 2.72. The molecule has 0 saturated carbocycles. The van der Waals surface area contributed by atoms with Crippen LogP contribution >= 0.6 is 0 Å². The summed E-state index contributed by atoms with van der Waals surface area (Å²) in [6.07, 6.45) is 5.16. The van der Waals surface area contributed by atoms with Crippen molar-refractivity contribution in [3.63, 3.8) is 0 Å². The van der Waals surface area contributed by atoms with Crippen molar-refractivity contribution in [2.45, 2.75) is 52.1 Å². The van der Waals surface area contributed by atoms with E-state index in [9.17, 15) is 4.79 Å². The van der Waals surface area contributed by atoms with Crippen LogP contribution in [0.3, 0.4) is 0 Å². The molecule has 0 aromatic heterocycles. The highest BCUT2D eigenvalue weighted by Gasteiger charge is 2.32. The Balaban J connectivity index is 2.34. The van der Waals surface area contributed by atoms with E-state index < -0.39 is 0 Å². The molecule has 3 unspecified atom stereocenters. The van der Waals surface area contributed by atoms with Crippen molar-refractivity contribution >= 4 is 5.91 Å². The zero-order chi connectivity index (χ0) is 13.4. The normalized spacial score (nSPS) is 25.1. The zero-order valence-electron chi connectivity index (χ0n) is 11.8. The maximum atomic E-state index is 12.1. The molecule has 4 heteroatoms. The van der Waals surface area contributed by atoms with Gasteiger partial charge in [0.05, 0.1) is 12.0 Å². The minimum atomic E-state index is 0.0511. The number of carbonyl (C=O) groups is 1. The quantitative estimate of drug-likeness (QED) is 0.694. The Morgan fingerprint density at radius 3 is 2.83 bits per heavy atom. The first-order chi connectivity index (χ1) is 8.72. The van der Waals surface area contributed by atoms with E-state index in [0.29, 0.717) is 12.5 Å². The van der Waals surface area contributed by atoms with Crippen LogP contribution in [-0.4, -0.2) is 31.7 Å². The summed E-state index contributed by atoms with van der Waals surface area (Å²) in [6.45, 7) is 6.42. The first-order valence-electron chi connectivity index (χ1n) is 7.32. The highest BCUT2D eigenvalue weighted by atomic mass is 16.5. The van der Waals surface area contributed by atoms with E-state index in [1.165, 1.54) is 0 Å². The molecule has 1 aliphatic rings. The van der Waals surface area contributed by atoms with Crippen LogP contribution in [0.5, 0.6) is 0 Å². The van der Waals surface area contributed by atoms with Gasteiger partial charge in [-0.2, -0.15) is 0 Å². The fourth-order valence-electron chi connectivity index (χ4n) is 2.72. The van der Waals surface area contributed by atoms with E-state index in [2.05, 4.69) is 19.2 Å². The molecule has 0 aliphatic carbocycles. The lowest BCUT2D eigenvalue weighted by Crippen LogP contribution is -2.38. The maximum absolute atomic E-state index is 12.1. The van der Waals surface area contributed by atoms with Gasteiger partial charge in [0.2, 0.25) is 5.91 Å². The number of hydrogen-bond donors (Lipinski definition) is 2. The third kappa shape index (κ3) is 4.58. The standard InChI is InChI=1S/C14H28N2O2/c1-3-5-11(6-8-15)10-16-14(17)12-7-9-18-13(12)4-2/h11-13H,3-10,15H2,1-2H3,(H,16,17). The first-order valence-corrected chi connectivity index (χ1v) is 7.32. The van der Waals surface area contributed by atoms with E-state index in [-0.39, 0.29) is 17.9 Å². The number of hydrogen-bond acceptors (Lipinski definition) is 3. The molecule has 0 radical (unpaired) electrons. The van der Waals surface area contributed by atoms with Gasteiger partial charge in [-0.25, -0.2) is 0 Å². The van der Waals surface area contributed by atoms with Crippen molar-refractivity contribution in [2.24, 2.45) is 17.6 Å². The number of carbonyl (C=O) groups excluding carboxylic acids is 1. The monoisotopic (exact) mass is 256 g/mol. The molecule has 0 spiro atoms. The Morgan fingerprint density at radius 1 is 1.44 bits per heavy atom. The molecule has 1 amide bonds. The minimum absolute atomic E-state index is 0.0511. The Morgan fingerprint density at radius 2 is 2.22 bits per heavy atom. The summed E-state index contributed by atoms with van der Waals surface area (Å²) in [5.41, 5.74) is 5.60. The van der Waals surface area contributed by atoms with Crippen LogP contribution in [0, 0.1) is 11.8 Å². The van der Waals surface area contributed by atoms with Crippen molar-refractivity contribution in [3.8, 4) is 0 Å². The number of nitrogens with one attached hydrogen (secondary N) is 1. The number of nitrogens with two attached hydrogens (primary N) is 1. The van der Waals surface area contributed by atoms with Crippen LogP contribution in [-0.2, 0) is 9.53 Å². The minimum Gasteiger partial charge on any atom is -0.377 e. The van der Waals surface area contributed by atoms with Crippen molar-refractivity contribution in [1.82, 2.24) is 5.32 Å². The van der Waals surface area contributed by atoms with Crippen LogP contribution in [0.2, 0.25) is 0 Å². The van der Waals surface area contributed by atoms with Crippen LogP contribution in [0.15, 0.2) is 0 Å². The second-order valence-electron chi connectivity index (χ2n) is 5.19. The van der Waals surface area contributed by atoms with E-state index in [4.69, 9.17) is 10.5 Å². The number of amides is 1. The Hall–Kier alpha value is -0.610. The SMILES string of the molecule is CCCC(CCN)CNC(=O)C1CCOC1CC. The van der Waals surface area contributed by atoms with E-state index in [0.717, 1.165) is 45.3 Å². The molecule has 1 aliphatic heterocycles. The summed E-state index contributed by atoms with van der Waals surface area (Å²) >= 11 is 0. The van der Waals surface area contributed by atoms with Gasteiger partial charge in [0.1, 0.15) is 0 Å².